The lowest BCUT2D eigenvalue weighted by Crippen LogP contribution is -2.57. The van der Waals surface area contributed by atoms with E-state index < -0.39 is 54.3 Å². The van der Waals surface area contributed by atoms with Gasteiger partial charge in [0.2, 0.25) is 17.7 Å². The Kier molecular flexibility index (Phi) is 11.9. The van der Waals surface area contributed by atoms with Gasteiger partial charge in [-0.25, -0.2) is 4.79 Å². The van der Waals surface area contributed by atoms with Gasteiger partial charge in [0.05, 0.1) is 12.5 Å². The Labute approximate surface area is 203 Å². The molecule has 5 unspecified atom stereocenters. The monoisotopic (exact) mass is 499 g/mol. The van der Waals surface area contributed by atoms with Gasteiger partial charge in [0, 0.05) is 13.1 Å². The van der Waals surface area contributed by atoms with E-state index in [0.717, 1.165) is 0 Å². The zero-order chi connectivity index (χ0) is 26.7. The third kappa shape index (κ3) is 9.39. The molecule has 0 bridgehead atoms. The Morgan fingerprint density at radius 3 is 2.31 bits per heavy atom. The van der Waals surface area contributed by atoms with Crippen LogP contribution in [0.1, 0.15) is 52.4 Å². The van der Waals surface area contributed by atoms with E-state index in [0.29, 0.717) is 25.8 Å². The van der Waals surface area contributed by atoms with Crippen LogP contribution in [0.5, 0.6) is 0 Å². The number of aliphatic imine (C=N–C) groups is 1. The van der Waals surface area contributed by atoms with Crippen molar-refractivity contribution >= 4 is 35.6 Å². The average molecular weight is 500 g/mol. The lowest BCUT2D eigenvalue weighted by molar-refractivity contribution is -0.145. The van der Waals surface area contributed by atoms with E-state index in [2.05, 4.69) is 15.6 Å². The first-order valence-corrected chi connectivity index (χ1v) is 11.6. The van der Waals surface area contributed by atoms with E-state index in [1.807, 2.05) is 13.8 Å². The van der Waals surface area contributed by atoms with Crippen LogP contribution >= 0.6 is 0 Å². The van der Waals surface area contributed by atoms with E-state index in [4.69, 9.17) is 17.2 Å². The molecular weight excluding hydrogens is 462 g/mol. The Morgan fingerprint density at radius 2 is 1.77 bits per heavy atom. The van der Waals surface area contributed by atoms with Gasteiger partial charge in [-0.15, -0.1) is 0 Å². The summed E-state index contributed by atoms with van der Waals surface area (Å²) in [5.41, 5.74) is 16.5. The lowest BCUT2D eigenvalue weighted by Gasteiger charge is -2.30. The Balaban J connectivity index is 2.90. The summed E-state index contributed by atoms with van der Waals surface area (Å²) in [6.07, 6.45) is 0.989. The Morgan fingerprint density at radius 1 is 1.11 bits per heavy atom. The predicted octanol–water partition coefficient (Wildman–Crippen LogP) is -2.07. The third-order valence-corrected chi connectivity index (χ3v) is 5.95. The quantitative estimate of drug-likeness (QED) is 0.0781. The number of carboxylic acid groups (broad SMARTS) is 2. The topological polar surface area (TPSA) is 244 Å². The summed E-state index contributed by atoms with van der Waals surface area (Å²) in [5, 5.41) is 23.2. The molecule has 1 fully saturated rings. The minimum Gasteiger partial charge on any atom is -0.481 e. The van der Waals surface area contributed by atoms with Crippen LogP contribution in [0.4, 0.5) is 0 Å². The number of nitrogens with zero attached hydrogens (tertiary/aromatic N) is 2. The molecule has 10 N–H and O–H groups in total. The van der Waals surface area contributed by atoms with Crippen molar-refractivity contribution in [2.45, 2.75) is 76.5 Å². The number of carbonyl (C=O) groups is 5. The smallest absolute Gasteiger partial charge is 0.326 e. The number of rotatable bonds is 14. The zero-order valence-electron chi connectivity index (χ0n) is 20.1. The van der Waals surface area contributed by atoms with Crippen LogP contribution in [-0.2, 0) is 24.0 Å². The molecule has 0 aliphatic carbocycles. The molecular formula is C21H37N7O7. The molecule has 0 aromatic rings. The first-order chi connectivity index (χ1) is 16.4. The van der Waals surface area contributed by atoms with E-state index >= 15 is 0 Å². The first-order valence-electron chi connectivity index (χ1n) is 11.6. The second kappa shape index (κ2) is 14.1. The molecule has 198 valence electrons. The number of nitrogens with two attached hydrogens (primary N) is 3. The molecule has 35 heavy (non-hydrogen) atoms. The minimum atomic E-state index is -1.54. The second-order valence-corrected chi connectivity index (χ2v) is 8.61. The highest BCUT2D eigenvalue weighted by Crippen LogP contribution is 2.21. The normalized spacial score (nSPS) is 18.6. The van der Waals surface area contributed by atoms with Gasteiger partial charge in [-0.05, 0) is 31.6 Å². The van der Waals surface area contributed by atoms with Crippen molar-refractivity contribution < 1.29 is 34.2 Å². The summed E-state index contributed by atoms with van der Waals surface area (Å²) in [5.74, 6) is -5.02. The number of likely N-dealkylation sites (tertiary alicyclic amines) is 1. The highest BCUT2D eigenvalue weighted by molar-refractivity contribution is 5.95. The number of nitrogens with one attached hydrogen (secondary N) is 2. The van der Waals surface area contributed by atoms with Crippen molar-refractivity contribution in [3.8, 4) is 0 Å². The van der Waals surface area contributed by atoms with Gasteiger partial charge in [-0.1, -0.05) is 20.3 Å². The second-order valence-electron chi connectivity index (χ2n) is 8.61. The molecule has 1 rings (SSSR count). The molecule has 0 saturated carbocycles. The van der Waals surface area contributed by atoms with Gasteiger partial charge >= 0.3 is 11.9 Å². The van der Waals surface area contributed by atoms with Crippen molar-refractivity contribution in [2.75, 3.05) is 13.1 Å². The summed E-state index contributed by atoms with van der Waals surface area (Å²) in [7, 11) is 0. The van der Waals surface area contributed by atoms with Crippen molar-refractivity contribution in [2.24, 2.45) is 28.1 Å². The molecule has 1 saturated heterocycles. The van der Waals surface area contributed by atoms with Crippen LogP contribution in [0, 0.1) is 5.92 Å². The number of carbonyl (C=O) groups excluding carboxylic acids is 3. The summed E-state index contributed by atoms with van der Waals surface area (Å²) in [6.45, 7) is 4.18. The van der Waals surface area contributed by atoms with Crippen molar-refractivity contribution in [1.82, 2.24) is 15.5 Å². The molecule has 5 atom stereocenters. The maximum absolute atomic E-state index is 12.9. The number of carboxylic acids is 2. The third-order valence-electron chi connectivity index (χ3n) is 5.95. The summed E-state index contributed by atoms with van der Waals surface area (Å²) >= 11 is 0. The number of aliphatic carboxylic acids is 2. The van der Waals surface area contributed by atoms with Crippen LogP contribution in [0.3, 0.4) is 0 Å². The van der Waals surface area contributed by atoms with Gasteiger partial charge in [-0.3, -0.25) is 24.2 Å². The number of hydrogen-bond acceptors (Lipinski definition) is 7. The SMILES string of the molecule is CCC(C)C(N)C(=O)N1CCCC1C(=O)NC(CC(=O)O)C(=O)NC(CCCN=C(N)N)C(=O)O. The molecule has 14 nitrogen and oxygen atoms in total. The largest absolute Gasteiger partial charge is 0.481 e. The highest BCUT2D eigenvalue weighted by atomic mass is 16.4. The maximum atomic E-state index is 12.9. The van der Waals surface area contributed by atoms with Crippen molar-refractivity contribution in [3.63, 3.8) is 0 Å². The summed E-state index contributed by atoms with van der Waals surface area (Å²) in [4.78, 5) is 66.4. The van der Waals surface area contributed by atoms with E-state index in [-0.39, 0.29) is 37.2 Å². The van der Waals surface area contributed by atoms with Gasteiger partial charge in [0.15, 0.2) is 5.96 Å². The molecule has 1 aliphatic rings. The molecule has 1 heterocycles. The number of hydrogen-bond donors (Lipinski definition) is 7. The summed E-state index contributed by atoms with van der Waals surface area (Å²) < 4.78 is 0. The van der Waals surface area contributed by atoms with Crippen molar-refractivity contribution in [3.05, 3.63) is 0 Å². The predicted molar refractivity (Wildman–Crippen MR) is 126 cm³/mol. The fourth-order valence-electron chi connectivity index (χ4n) is 3.68. The molecule has 3 amide bonds. The fourth-order valence-corrected chi connectivity index (χ4v) is 3.68. The average Bonchev–Trinajstić information content (AvgIpc) is 3.28. The number of guanidine groups is 1. The fraction of sp³-hybridized carbons (Fsp3) is 0.714. The maximum Gasteiger partial charge on any atom is 0.326 e. The highest BCUT2D eigenvalue weighted by Gasteiger charge is 2.39. The van der Waals surface area contributed by atoms with Crippen LogP contribution in [0.15, 0.2) is 4.99 Å². The van der Waals surface area contributed by atoms with Crippen LogP contribution in [-0.4, -0.2) is 88.0 Å². The minimum absolute atomic E-state index is 0.0238. The molecule has 0 radical (unpaired) electrons. The van der Waals surface area contributed by atoms with E-state index in [1.54, 1.807) is 0 Å². The molecule has 0 aromatic carbocycles. The lowest BCUT2D eigenvalue weighted by atomic mass is 9.98. The van der Waals surface area contributed by atoms with Gasteiger partial charge in [0.1, 0.15) is 18.1 Å². The standard InChI is InChI=1S/C21H37N7O7/c1-3-11(2)16(22)19(33)28-9-5-7-14(28)18(32)27-13(10-15(29)30)17(31)26-12(20(34)35)6-4-8-25-21(23)24/h11-14,16H,3-10,22H2,1-2H3,(H,26,31)(H,27,32)(H,29,30)(H,34,35)(H4,23,24,25). The van der Waals surface area contributed by atoms with E-state index in [9.17, 15) is 34.2 Å². The Hall–Kier alpha value is -3.42. The molecule has 0 spiro atoms. The van der Waals surface area contributed by atoms with Gasteiger partial charge < -0.3 is 42.9 Å². The first kappa shape index (κ1) is 29.6. The molecule has 0 aromatic heterocycles. The van der Waals surface area contributed by atoms with E-state index in [1.165, 1.54) is 4.90 Å². The van der Waals surface area contributed by atoms with Crippen LogP contribution in [0.2, 0.25) is 0 Å². The molecule has 1 aliphatic heterocycles. The van der Waals surface area contributed by atoms with Gasteiger partial charge in [0.25, 0.3) is 0 Å². The summed E-state index contributed by atoms with van der Waals surface area (Å²) in [6, 6.07) is -4.58. The van der Waals surface area contributed by atoms with Crippen molar-refractivity contribution in [1.29, 1.82) is 0 Å². The van der Waals surface area contributed by atoms with Gasteiger partial charge in [-0.2, -0.15) is 0 Å². The zero-order valence-corrected chi connectivity index (χ0v) is 20.1. The molecule has 14 heteroatoms. The Bertz CT molecular complexity index is 816. The number of amides is 3. The van der Waals surface area contributed by atoms with Crippen LogP contribution in [0.25, 0.3) is 0 Å². The van der Waals surface area contributed by atoms with Crippen LogP contribution < -0.4 is 27.8 Å².